The summed E-state index contributed by atoms with van der Waals surface area (Å²) in [6.07, 6.45) is 10.5. The van der Waals surface area contributed by atoms with Crippen molar-refractivity contribution in [3.8, 4) is 0 Å². The van der Waals surface area contributed by atoms with Crippen molar-refractivity contribution in [1.29, 1.82) is 0 Å². The Labute approximate surface area is 130 Å². The van der Waals surface area contributed by atoms with Crippen LogP contribution in [0, 0.1) is 5.92 Å². The van der Waals surface area contributed by atoms with Crippen LogP contribution < -0.4 is 0 Å². The first-order chi connectivity index (χ1) is 10.3. The van der Waals surface area contributed by atoms with Gasteiger partial charge in [-0.3, -0.25) is 4.90 Å². The van der Waals surface area contributed by atoms with Crippen molar-refractivity contribution in [2.75, 3.05) is 13.1 Å². The van der Waals surface area contributed by atoms with Crippen LogP contribution in [0.4, 0.5) is 0 Å². The second-order valence-electron chi connectivity index (χ2n) is 6.30. The number of alkyl halides is 1. The van der Waals surface area contributed by atoms with Gasteiger partial charge in [-0.05, 0) is 63.1 Å². The molecule has 3 saturated heterocycles. The number of furan rings is 1. The molecular formula is C17H21ClN2O. The standard InChI is InChI=1S/C17H21ClN2O/c1-12-17(13-7-9-19(12)10-8-13)20-14(4-2-6-16(20)18)15-5-3-11-21-15/h2-6,11-13,16-17H,7-10H2,1H3/t12-,16?,17-/m0/s1. The highest BCUT2D eigenvalue weighted by Gasteiger charge is 2.45. The summed E-state index contributed by atoms with van der Waals surface area (Å²) in [4.78, 5) is 4.98. The highest BCUT2D eigenvalue weighted by molar-refractivity contribution is 6.22. The van der Waals surface area contributed by atoms with Gasteiger partial charge in [0.1, 0.15) is 11.3 Å². The molecule has 4 aliphatic rings. The van der Waals surface area contributed by atoms with Crippen LogP contribution in [0.3, 0.4) is 0 Å². The van der Waals surface area contributed by atoms with Crippen LogP contribution in [0.25, 0.3) is 5.70 Å². The Morgan fingerprint density at radius 3 is 2.76 bits per heavy atom. The molecule has 0 radical (unpaired) electrons. The summed E-state index contributed by atoms with van der Waals surface area (Å²) in [5.41, 5.74) is 1.02. The molecule has 0 N–H and O–H groups in total. The van der Waals surface area contributed by atoms with E-state index in [1.54, 1.807) is 6.26 Å². The average Bonchev–Trinajstić information content (AvgIpc) is 3.03. The summed E-state index contributed by atoms with van der Waals surface area (Å²) in [7, 11) is 0. The third-order valence-electron chi connectivity index (χ3n) is 5.29. The molecule has 5 heterocycles. The first-order valence-electron chi connectivity index (χ1n) is 7.84. The van der Waals surface area contributed by atoms with Gasteiger partial charge in [0, 0.05) is 12.1 Å². The highest BCUT2D eigenvalue weighted by atomic mass is 35.5. The van der Waals surface area contributed by atoms with Crippen LogP contribution in [-0.2, 0) is 0 Å². The topological polar surface area (TPSA) is 19.6 Å². The molecule has 0 saturated carbocycles. The van der Waals surface area contributed by atoms with Crippen molar-refractivity contribution in [3.63, 3.8) is 0 Å². The number of fused-ring (bicyclic) bond motifs is 3. The van der Waals surface area contributed by atoms with Gasteiger partial charge in [-0.25, -0.2) is 0 Å². The first-order valence-corrected chi connectivity index (χ1v) is 8.28. The molecule has 4 aliphatic heterocycles. The molecule has 5 rings (SSSR count). The van der Waals surface area contributed by atoms with E-state index >= 15 is 0 Å². The number of hydrogen-bond donors (Lipinski definition) is 0. The highest BCUT2D eigenvalue weighted by Crippen LogP contribution is 2.41. The van der Waals surface area contributed by atoms with Crippen LogP contribution in [0.15, 0.2) is 41.0 Å². The van der Waals surface area contributed by atoms with Gasteiger partial charge in [-0.15, -0.1) is 0 Å². The smallest absolute Gasteiger partial charge is 0.149 e. The number of hydrogen-bond acceptors (Lipinski definition) is 3. The molecule has 0 amide bonds. The minimum absolute atomic E-state index is 0.0944. The van der Waals surface area contributed by atoms with Crippen LogP contribution >= 0.6 is 11.6 Å². The van der Waals surface area contributed by atoms with Gasteiger partial charge in [0.05, 0.1) is 12.0 Å². The molecule has 1 aromatic heterocycles. The summed E-state index contributed by atoms with van der Waals surface area (Å²) in [6, 6.07) is 4.98. The molecule has 3 fully saturated rings. The first kappa shape index (κ1) is 13.5. The molecule has 1 unspecified atom stereocenters. The molecule has 0 spiro atoms. The fraction of sp³-hybridized carbons (Fsp3) is 0.529. The summed E-state index contributed by atoms with van der Waals surface area (Å²) >= 11 is 6.67. The Bertz CT molecular complexity index is 555. The predicted molar refractivity (Wildman–Crippen MR) is 84.9 cm³/mol. The van der Waals surface area contributed by atoms with Crippen LogP contribution in [0.1, 0.15) is 25.5 Å². The number of allylic oxidation sites excluding steroid dienone is 2. The molecule has 4 heteroatoms. The fourth-order valence-electron chi connectivity index (χ4n) is 4.25. The van der Waals surface area contributed by atoms with Crippen LogP contribution in [-0.4, -0.2) is 40.5 Å². The summed E-state index contributed by atoms with van der Waals surface area (Å²) in [5.74, 6) is 1.64. The maximum atomic E-state index is 6.67. The summed E-state index contributed by atoms with van der Waals surface area (Å²) in [5, 5.41) is 0. The van der Waals surface area contributed by atoms with Crippen molar-refractivity contribution < 1.29 is 4.42 Å². The van der Waals surface area contributed by atoms with Gasteiger partial charge in [0.2, 0.25) is 0 Å². The predicted octanol–water partition coefficient (Wildman–Crippen LogP) is 3.54. The van der Waals surface area contributed by atoms with E-state index in [1.165, 1.54) is 25.9 Å². The van der Waals surface area contributed by atoms with Crippen molar-refractivity contribution in [2.24, 2.45) is 5.92 Å². The van der Waals surface area contributed by atoms with Gasteiger partial charge in [0.15, 0.2) is 0 Å². The van der Waals surface area contributed by atoms with E-state index < -0.39 is 0 Å². The number of nitrogens with zero attached hydrogens (tertiary/aromatic N) is 2. The Kier molecular flexibility index (Phi) is 3.35. The van der Waals surface area contributed by atoms with Gasteiger partial charge in [-0.2, -0.15) is 0 Å². The maximum Gasteiger partial charge on any atom is 0.149 e. The molecular weight excluding hydrogens is 284 g/mol. The van der Waals surface area contributed by atoms with E-state index in [1.807, 2.05) is 18.2 Å². The van der Waals surface area contributed by atoms with Gasteiger partial charge in [-0.1, -0.05) is 17.7 Å². The van der Waals surface area contributed by atoms with E-state index in [2.05, 4.69) is 28.9 Å². The SMILES string of the molecule is C[C@H]1[C@H](N2C(c3ccco3)=CC=CC2Cl)C2CCN1CC2. The largest absolute Gasteiger partial charge is 0.463 e. The average molecular weight is 305 g/mol. The molecule has 1 aromatic rings. The Morgan fingerprint density at radius 1 is 1.29 bits per heavy atom. The maximum absolute atomic E-state index is 6.67. The zero-order valence-corrected chi connectivity index (χ0v) is 13.0. The lowest BCUT2D eigenvalue weighted by Gasteiger charge is -2.55. The van der Waals surface area contributed by atoms with Crippen molar-refractivity contribution in [1.82, 2.24) is 9.80 Å². The fourth-order valence-corrected chi connectivity index (χ4v) is 4.57. The summed E-state index contributed by atoms with van der Waals surface area (Å²) < 4.78 is 5.64. The zero-order chi connectivity index (χ0) is 14.4. The molecule has 0 aromatic carbocycles. The minimum Gasteiger partial charge on any atom is -0.463 e. The van der Waals surface area contributed by atoms with Gasteiger partial charge in [0.25, 0.3) is 0 Å². The molecule has 3 atom stereocenters. The lowest BCUT2D eigenvalue weighted by atomic mass is 9.78. The number of piperidine rings is 3. The van der Waals surface area contributed by atoms with Crippen LogP contribution in [0.2, 0.25) is 0 Å². The zero-order valence-electron chi connectivity index (χ0n) is 12.3. The van der Waals surface area contributed by atoms with Gasteiger partial charge >= 0.3 is 0 Å². The monoisotopic (exact) mass is 304 g/mol. The van der Waals surface area contributed by atoms with E-state index in [9.17, 15) is 0 Å². The molecule has 112 valence electrons. The van der Waals surface area contributed by atoms with E-state index in [4.69, 9.17) is 16.0 Å². The second-order valence-corrected chi connectivity index (χ2v) is 6.75. The molecule has 0 aliphatic carbocycles. The van der Waals surface area contributed by atoms with Gasteiger partial charge < -0.3 is 9.32 Å². The second kappa shape index (κ2) is 5.22. The van der Waals surface area contributed by atoms with Crippen molar-refractivity contribution in [2.45, 2.75) is 37.4 Å². The summed E-state index contributed by atoms with van der Waals surface area (Å²) in [6.45, 7) is 4.81. The van der Waals surface area contributed by atoms with E-state index in [0.717, 1.165) is 17.4 Å². The quantitative estimate of drug-likeness (QED) is 0.615. The lowest BCUT2D eigenvalue weighted by molar-refractivity contribution is -0.0171. The minimum atomic E-state index is -0.0944. The normalized spacial score (nSPS) is 38.7. The Morgan fingerprint density at radius 2 is 2.10 bits per heavy atom. The number of halogens is 1. The molecule has 21 heavy (non-hydrogen) atoms. The van der Waals surface area contributed by atoms with E-state index in [0.29, 0.717) is 12.1 Å². The molecule has 3 nitrogen and oxygen atoms in total. The third kappa shape index (κ3) is 2.14. The lowest BCUT2D eigenvalue weighted by Crippen LogP contribution is -2.63. The van der Waals surface area contributed by atoms with Crippen molar-refractivity contribution >= 4 is 17.3 Å². The Hall–Kier alpha value is -1.19. The Balaban J connectivity index is 1.71. The molecule has 2 bridgehead atoms. The van der Waals surface area contributed by atoms with E-state index in [-0.39, 0.29) is 5.50 Å². The number of rotatable bonds is 2. The third-order valence-corrected chi connectivity index (χ3v) is 5.65. The van der Waals surface area contributed by atoms with Crippen LogP contribution in [0.5, 0.6) is 0 Å². The van der Waals surface area contributed by atoms with Crippen molar-refractivity contribution in [3.05, 3.63) is 42.4 Å².